The molecule has 20 heavy (non-hydrogen) atoms. The summed E-state index contributed by atoms with van der Waals surface area (Å²) in [5.74, 6) is -2.27. The Hall–Kier alpha value is -2.82. The molecule has 2 aromatic carbocycles. The molecule has 0 saturated carbocycles. The van der Waals surface area contributed by atoms with Crippen molar-refractivity contribution in [2.24, 2.45) is 0 Å². The van der Waals surface area contributed by atoms with Crippen molar-refractivity contribution in [3.8, 4) is 16.9 Å². The van der Waals surface area contributed by atoms with E-state index in [1.807, 2.05) is 6.07 Å². The molecule has 0 saturated heterocycles. The van der Waals surface area contributed by atoms with Gasteiger partial charge in [-0.05, 0) is 17.7 Å². The topological polar surface area (TPSA) is 83.8 Å². The van der Waals surface area contributed by atoms with Crippen LogP contribution in [0.25, 0.3) is 11.1 Å². The van der Waals surface area contributed by atoms with Gasteiger partial charge in [0.25, 0.3) is 0 Å². The van der Waals surface area contributed by atoms with Crippen molar-refractivity contribution in [3.05, 3.63) is 53.6 Å². The summed E-state index contributed by atoms with van der Waals surface area (Å²) < 4.78 is 5.15. The first-order chi connectivity index (χ1) is 9.54. The summed E-state index contributed by atoms with van der Waals surface area (Å²) in [5.41, 5.74) is 0.855. The number of rotatable bonds is 4. The lowest BCUT2D eigenvalue weighted by Crippen LogP contribution is -2.06. The second kappa shape index (κ2) is 5.44. The SMILES string of the molecule is COc1c(C(=O)O)cc(C(=O)O)cc1-c1ccccc1. The van der Waals surface area contributed by atoms with Crippen LogP contribution in [0, 0.1) is 0 Å². The van der Waals surface area contributed by atoms with Crippen LogP contribution in [0.1, 0.15) is 20.7 Å². The molecule has 5 nitrogen and oxygen atoms in total. The number of methoxy groups -OCH3 is 1. The van der Waals surface area contributed by atoms with E-state index in [0.29, 0.717) is 11.1 Å². The maximum absolute atomic E-state index is 11.3. The molecule has 0 amide bonds. The molecule has 5 heteroatoms. The second-order valence-electron chi connectivity index (χ2n) is 4.08. The number of carbonyl (C=O) groups is 2. The summed E-state index contributed by atoms with van der Waals surface area (Å²) in [6, 6.07) is 11.4. The molecule has 0 aliphatic carbocycles. The van der Waals surface area contributed by atoms with Crippen molar-refractivity contribution in [1.29, 1.82) is 0 Å². The predicted molar refractivity (Wildman–Crippen MR) is 72.3 cm³/mol. The van der Waals surface area contributed by atoms with Gasteiger partial charge in [-0.15, -0.1) is 0 Å². The van der Waals surface area contributed by atoms with Gasteiger partial charge in [0.2, 0.25) is 0 Å². The summed E-state index contributed by atoms with van der Waals surface area (Å²) >= 11 is 0. The molecule has 102 valence electrons. The van der Waals surface area contributed by atoms with Crippen molar-refractivity contribution in [2.45, 2.75) is 0 Å². The standard InChI is InChI=1S/C15H12O5/c1-20-13-11(9-5-3-2-4-6-9)7-10(14(16)17)8-12(13)15(18)19/h2-8H,1H3,(H,16,17)(H,18,19). The zero-order chi connectivity index (χ0) is 14.7. The van der Waals surface area contributed by atoms with Crippen LogP contribution in [0.5, 0.6) is 5.75 Å². The highest BCUT2D eigenvalue weighted by Gasteiger charge is 2.20. The van der Waals surface area contributed by atoms with Gasteiger partial charge in [0.15, 0.2) is 0 Å². The number of benzene rings is 2. The van der Waals surface area contributed by atoms with Crippen molar-refractivity contribution in [3.63, 3.8) is 0 Å². The molecule has 0 heterocycles. The van der Waals surface area contributed by atoms with Crippen LogP contribution in [0.4, 0.5) is 0 Å². The highest BCUT2D eigenvalue weighted by Crippen LogP contribution is 2.34. The minimum atomic E-state index is -1.23. The van der Waals surface area contributed by atoms with Crippen LogP contribution in [-0.4, -0.2) is 29.3 Å². The lowest BCUT2D eigenvalue weighted by molar-refractivity contribution is 0.0693. The smallest absolute Gasteiger partial charge is 0.339 e. The molecule has 0 bridgehead atoms. The lowest BCUT2D eigenvalue weighted by Gasteiger charge is -2.13. The second-order valence-corrected chi connectivity index (χ2v) is 4.08. The van der Waals surface area contributed by atoms with Gasteiger partial charge in [0.1, 0.15) is 11.3 Å². The first kappa shape index (κ1) is 13.6. The van der Waals surface area contributed by atoms with Crippen LogP contribution < -0.4 is 4.74 Å². The summed E-state index contributed by atoms with van der Waals surface area (Å²) in [4.78, 5) is 22.4. The Morgan fingerprint density at radius 3 is 2.15 bits per heavy atom. The number of hydrogen-bond acceptors (Lipinski definition) is 3. The number of carboxylic acid groups (broad SMARTS) is 2. The fourth-order valence-electron chi connectivity index (χ4n) is 1.96. The Morgan fingerprint density at radius 2 is 1.65 bits per heavy atom. The Morgan fingerprint density at radius 1 is 1.00 bits per heavy atom. The summed E-state index contributed by atoms with van der Waals surface area (Å²) in [5, 5.41) is 18.3. The van der Waals surface area contributed by atoms with Gasteiger partial charge in [-0.1, -0.05) is 30.3 Å². The monoisotopic (exact) mass is 272 g/mol. The number of hydrogen-bond donors (Lipinski definition) is 2. The molecule has 0 unspecified atom stereocenters. The van der Waals surface area contributed by atoms with E-state index in [-0.39, 0.29) is 16.9 Å². The molecule has 0 aliphatic heterocycles. The van der Waals surface area contributed by atoms with Crippen LogP contribution in [0.15, 0.2) is 42.5 Å². The molecule has 0 fully saturated rings. The van der Waals surface area contributed by atoms with E-state index >= 15 is 0 Å². The Bertz CT molecular complexity index is 661. The van der Waals surface area contributed by atoms with Gasteiger partial charge < -0.3 is 14.9 Å². The lowest BCUT2D eigenvalue weighted by atomic mass is 9.98. The number of ether oxygens (including phenoxy) is 1. The molecule has 0 radical (unpaired) electrons. The highest BCUT2D eigenvalue weighted by molar-refractivity contribution is 5.99. The largest absolute Gasteiger partial charge is 0.495 e. The predicted octanol–water partition coefficient (Wildman–Crippen LogP) is 2.76. The van der Waals surface area contributed by atoms with Crippen LogP contribution in [0.3, 0.4) is 0 Å². The van der Waals surface area contributed by atoms with E-state index in [1.165, 1.54) is 13.2 Å². The van der Waals surface area contributed by atoms with Crippen LogP contribution in [-0.2, 0) is 0 Å². The average Bonchev–Trinajstić information content (AvgIpc) is 2.46. The van der Waals surface area contributed by atoms with Crippen molar-refractivity contribution in [2.75, 3.05) is 7.11 Å². The molecule has 2 rings (SSSR count). The van der Waals surface area contributed by atoms with Gasteiger partial charge in [0, 0.05) is 5.56 Å². The quantitative estimate of drug-likeness (QED) is 0.894. The van der Waals surface area contributed by atoms with Crippen LogP contribution in [0.2, 0.25) is 0 Å². The first-order valence-electron chi connectivity index (χ1n) is 5.78. The maximum Gasteiger partial charge on any atom is 0.339 e. The van der Waals surface area contributed by atoms with Gasteiger partial charge in [-0.3, -0.25) is 0 Å². The fourth-order valence-corrected chi connectivity index (χ4v) is 1.96. The summed E-state index contributed by atoms with van der Waals surface area (Å²) in [6.45, 7) is 0. The zero-order valence-corrected chi connectivity index (χ0v) is 10.7. The van der Waals surface area contributed by atoms with E-state index in [4.69, 9.17) is 9.84 Å². The van der Waals surface area contributed by atoms with E-state index in [1.54, 1.807) is 24.3 Å². The van der Waals surface area contributed by atoms with E-state index in [2.05, 4.69) is 0 Å². The third-order valence-corrected chi connectivity index (χ3v) is 2.86. The number of aromatic carboxylic acids is 2. The molecule has 2 N–H and O–H groups in total. The Balaban J connectivity index is 2.77. The van der Waals surface area contributed by atoms with Gasteiger partial charge in [0.05, 0.1) is 12.7 Å². The average molecular weight is 272 g/mol. The van der Waals surface area contributed by atoms with E-state index in [0.717, 1.165) is 6.07 Å². The summed E-state index contributed by atoms with van der Waals surface area (Å²) in [6.07, 6.45) is 0. The maximum atomic E-state index is 11.3. The molecule has 0 spiro atoms. The molecule has 0 atom stereocenters. The van der Waals surface area contributed by atoms with Crippen molar-refractivity contribution < 1.29 is 24.5 Å². The summed E-state index contributed by atoms with van der Waals surface area (Å²) in [7, 11) is 1.36. The van der Waals surface area contributed by atoms with Crippen molar-refractivity contribution >= 4 is 11.9 Å². The fraction of sp³-hybridized carbons (Fsp3) is 0.0667. The molecule has 0 aliphatic rings. The van der Waals surface area contributed by atoms with Gasteiger partial charge in [-0.2, -0.15) is 0 Å². The molecule has 0 aromatic heterocycles. The third kappa shape index (κ3) is 2.47. The minimum absolute atomic E-state index is 0.0953. The normalized spacial score (nSPS) is 10.1. The zero-order valence-electron chi connectivity index (χ0n) is 10.7. The third-order valence-electron chi connectivity index (χ3n) is 2.86. The minimum Gasteiger partial charge on any atom is -0.495 e. The van der Waals surface area contributed by atoms with E-state index in [9.17, 15) is 14.7 Å². The first-order valence-corrected chi connectivity index (χ1v) is 5.78. The Labute approximate surface area is 115 Å². The highest BCUT2D eigenvalue weighted by atomic mass is 16.5. The molecule has 2 aromatic rings. The van der Waals surface area contributed by atoms with Crippen molar-refractivity contribution in [1.82, 2.24) is 0 Å². The number of carboxylic acids is 2. The Kier molecular flexibility index (Phi) is 3.70. The molecular formula is C15H12O5. The van der Waals surface area contributed by atoms with E-state index < -0.39 is 11.9 Å². The molecular weight excluding hydrogens is 260 g/mol. The van der Waals surface area contributed by atoms with Crippen LogP contribution >= 0.6 is 0 Å². The van der Waals surface area contributed by atoms with Gasteiger partial charge >= 0.3 is 11.9 Å². The van der Waals surface area contributed by atoms with Gasteiger partial charge in [-0.25, -0.2) is 9.59 Å².